The van der Waals surface area contributed by atoms with Gasteiger partial charge in [0.2, 0.25) is 11.8 Å². The van der Waals surface area contributed by atoms with Gasteiger partial charge < -0.3 is 25.3 Å². The van der Waals surface area contributed by atoms with Crippen LogP contribution < -0.4 is 11.1 Å². The molecule has 0 radical (unpaired) electrons. The Bertz CT molecular complexity index is 981. The molecule has 2 aliphatic rings. The first kappa shape index (κ1) is 20.9. The van der Waals surface area contributed by atoms with E-state index in [0.717, 1.165) is 0 Å². The molecule has 9 heteroatoms. The van der Waals surface area contributed by atoms with Gasteiger partial charge in [-0.3, -0.25) is 4.79 Å². The molecule has 1 amide bonds. The minimum absolute atomic E-state index is 0.0487. The van der Waals surface area contributed by atoms with Crippen LogP contribution in [0.1, 0.15) is 33.3 Å². The van der Waals surface area contributed by atoms with E-state index in [1.807, 2.05) is 0 Å². The number of carbonyl (C=O) groups excluding carboxylic acids is 3. The van der Waals surface area contributed by atoms with Gasteiger partial charge >= 0.3 is 11.9 Å². The van der Waals surface area contributed by atoms with Crippen LogP contribution in [0.15, 0.2) is 45.5 Å². The van der Waals surface area contributed by atoms with Crippen molar-refractivity contribution in [3.8, 4) is 0 Å². The molecule has 0 aliphatic carbocycles. The van der Waals surface area contributed by atoms with Gasteiger partial charge in [0.1, 0.15) is 22.3 Å². The van der Waals surface area contributed by atoms with Crippen LogP contribution in [0.2, 0.25) is 0 Å². The molecule has 29 heavy (non-hydrogen) atoms. The van der Waals surface area contributed by atoms with Crippen LogP contribution in [0.25, 0.3) is 0 Å². The van der Waals surface area contributed by atoms with Gasteiger partial charge in [0.15, 0.2) is 0 Å². The molecule has 0 aromatic heterocycles. The minimum atomic E-state index is -1.86. The fraction of sp³-hybridized carbons (Fsp3) is 0.350. The number of rotatable bonds is 4. The molecule has 3 N–H and O–H groups in total. The minimum Gasteiger partial charge on any atom is -0.462 e. The Kier molecular flexibility index (Phi) is 5.44. The average molecular weight is 465 g/mol. The van der Waals surface area contributed by atoms with Crippen molar-refractivity contribution in [1.82, 2.24) is 0 Å². The second kappa shape index (κ2) is 7.55. The first-order valence-corrected chi connectivity index (χ1v) is 9.82. The quantitative estimate of drug-likeness (QED) is 0.657. The summed E-state index contributed by atoms with van der Waals surface area (Å²) in [5, 5.41) is 2.74. The second-order valence-electron chi connectivity index (χ2n) is 6.84. The molecule has 8 nitrogen and oxygen atoms in total. The molecule has 2 aliphatic heterocycles. The Morgan fingerprint density at radius 1 is 1.28 bits per heavy atom. The molecule has 0 fully saturated rings. The van der Waals surface area contributed by atoms with Crippen molar-refractivity contribution in [2.45, 2.75) is 39.2 Å². The maximum atomic E-state index is 13.4. The summed E-state index contributed by atoms with van der Waals surface area (Å²) in [6.07, 6.45) is -0.458. The van der Waals surface area contributed by atoms with Gasteiger partial charge in [0.05, 0.1) is 12.7 Å². The van der Waals surface area contributed by atoms with Gasteiger partial charge in [0.25, 0.3) is 0 Å². The van der Waals surface area contributed by atoms with Crippen LogP contribution in [0, 0.1) is 0 Å². The molecule has 154 valence electrons. The Balaban J connectivity index is 2.38. The van der Waals surface area contributed by atoms with Gasteiger partial charge in [-0.2, -0.15) is 0 Å². The summed E-state index contributed by atoms with van der Waals surface area (Å²) in [6.45, 7) is 6.53. The van der Waals surface area contributed by atoms with Crippen molar-refractivity contribution in [2.75, 3.05) is 11.9 Å². The van der Waals surface area contributed by atoms with Crippen LogP contribution in [0.3, 0.4) is 0 Å². The van der Waals surface area contributed by atoms with Crippen molar-refractivity contribution in [1.29, 1.82) is 0 Å². The Morgan fingerprint density at radius 2 is 1.97 bits per heavy atom. The number of fused-ring (bicyclic) bond motifs is 2. The number of ether oxygens (including phenoxy) is 3. The van der Waals surface area contributed by atoms with Gasteiger partial charge in [0, 0.05) is 15.7 Å². The van der Waals surface area contributed by atoms with Crippen molar-refractivity contribution in [2.24, 2.45) is 5.73 Å². The van der Waals surface area contributed by atoms with Crippen molar-refractivity contribution in [3.63, 3.8) is 0 Å². The Labute approximate surface area is 176 Å². The molecule has 1 atom stereocenters. The second-order valence-corrected chi connectivity index (χ2v) is 7.76. The molecule has 3 rings (SSSR count). The topological polar surface area (TPSA) is 117 Å². The van der Waals surface area contributed by atoms with E-state index in [0.29, 0.717) is 15.7 Å². The fourth-order valence-electron chi connectivity index (χ4n) is 3.64. The number of esters is 2. The van der Waals surface area contributed by atoms with E-state index in [9.17, 15) is 14.4 Å². The van der Waals surface area contributed by atoms with Crippen LogP contribution in [0.5, 0.6) is 0 Å². The van der Waals surface area contributed by atoms with E-state index in [4.69, 9.17) is 19.9 Å². The highest BCUT2D eigenvalue weighted by molar-refractivity contribution is 9.10. The van der Waals surface area contributed by atoms with Crippen LogP contribution >= 0.6 is 15.9 Å². The number of amides is 1. The summed E-state index contributed by atoms with van der Waals surface area (Å²) >= 11 is 3.38. The summed E-state index contributed by atoms with van der Waals surface area (Å²) in [7, 11) is 0. The summed E-state index contributed by atoms with van der Waals surface area (Å²) in [5.41, 5.74) is 4.65. The van der Waals surface area contributed by atoms with E-state index in [1.165, 1.54) is 6.92 Å². The number of benzene rings is 1. The first-order chi connectivity index (χ1) is 13.6. The molecular weight excluding hydrogens is 444 g/mol. The predicted octanol–water partition coefficient (Wildman–Crippen LogP) is 2.63. The van der Waals surface area contributed by atoms with Crippen molar-refractivity contribution < 1.29 is 28.6 Å². The highest BCUT2D eigenvalue weighted by Crippen LogP contribution is 2.53. The van der Waals surface area contributed by atoms with E-state index >= 15 is 0 Å². The summed E-state index contributed by atoms with van der Waals surface area (Å²) in [4.78, 5) is 39.4. The number of hydrogen-bond acceptors (Lipinski definition) is 7. The lowest BCUT2D eigenvalue weighted by Crippen LogP contribution is -2.48. The molecular formula is C20H21BrN2O6. The van der Waals surface area contributed by atoms with E-state index in [1.54, 1.807) is 39.0 Å². The molecule has 0 saturated heterocycles. The molecule has 1 aromatic carbocycles. The fourth-order valence-corrected chi connectivity index (χ4v) is 4.00. The first-order valence-electron chi connectivity index (χ1n) is 9.03. The maximum Gasteiger partial charge on any atom is 0.341 e. The molecule has 1 spiro atoms. The third-order valence-corrected chi connectivity index (χ3v) is 5.11. The van der Waals surface area contributed by atoms with Gasteiger partial charge in [-0.25, -0.2) is 9.59 Å². The zero-order chi connectivity index (χ0) is 21.5. The summed E-state index contributed by atoms with van der Waals surface area (Å²) < 4.78 is 16.7. The lowest BCUT2D eigenvalue weighted by atomic mass is 9.67. The van der Waals surface area contributed by atoms with Crippen LogP contribution in [-0.4, -0.2) is 30.6 Å². The van der Waals surface area contributed by atoms with Crippen LogP contribution in [0.4, 0.5) is 5.69 Å². The highest BCUT2D eigenvalue weighted by atomic mass is 79.9. The van der Waals surface area contributed by atoms with E-state index < -0.39 is 29.4 Å². The predicted molar refractivity (Wildman–Crippen MR) is 107 cm³/mol. The summed E-state index contributed by atoms with van der Waals surface area (Å²) in [6, 6.07) is 5.06. The van der Waals surface area contributed by atoms with Gasteiger partial charge in [-0.15, -0.1) is 0 Å². The SMILES string of the molecule is CCOC(=O)C1=C(N)OC(C)=C(C(=O)OC(C)C)[C@]12C(=O)Nc1ccc(Br)cc12. The maximum absolute atomic E-state index is 13.4. The third-order valence-electron chi connectivity index (χ3n) is 4.61. The zero-order valence-electron chi connectivity index (χ0n) is 16.4. The Morgan fingerprint density at radius 3 is 2.59 bits per heavy atom. The number of nitrogens with one attached hydrogen (secondary N) is 1. The van der Waals surface area contributed by atoms with Gasteiger partial charge in [-0.05, 0) is 45.9 Å². The lowest BCUT2D eigenvalue weighted by molar-refractivity contribution is -0.145. The normalized spacial score (nSPS) is 20.6. The van der Waals surface area contributed by atoms with E-state index in [2.05, 4.69) is 21.2 Å². The summed E-state index contributed by atoms with van der Waals surface area (Å²) in [5.74, 6) is -2.48. The average Bonchev–Trinajstić information content (AvgIpc) is 2.86. The van der Waals surface area contributed by atoms with Crippen molar-refractivity contribution >= 4 is 39.5 Å². The monoisotopic (exact) mass is 464 g/mol. The largest absolute Gasteiger partial charge is 0.462 e. The molecule has 2 heterocycles. The number of halogens is 1. The highest BCUT2D eigenvalue weighted by Gasteiger charge is 2.61. The smallest absolute Gasteiger partial charge is 0.341 e. The molecule has 0 bridgehead atoms. The van der Waals surface area contributed by atoms with Gasteiger partial charge in [-0.1, -0.05) is 15.9 Å². The third kappa shape index (κ3) is 3.19. The number of allylic oxidation sites excluding steroid dienone is 1. The molecule has 0 saturated carbocycles. The zero-order valence-corrected chi connectivity index (χ0v) is 18.0. The number of carbonyl (C=O) groups is 3. The standard InChI is InChI=1S/C20H21BrN2O6/c1-5-27-17(24)15-16(22)29-10(4)14(18(25)28-9(2)3)20(15)12-8-11(21)6-7-13(12)23-19(20)26/h6-9H,5,22H2,1-4H3,(H,23,26)/t20-/m0/s1. The van der Waals surface area contributed by atoms with Crippen molar-refractivity contribution in [3.05, 3.63) is 51.0 Å². The Hall–Kier alpha value is -2.81. The van der Waals surface area contributed by atoms with Crippen LogP contribution in [-0.2, 0) is 34.0 Å². The number of anilines is 1. The van der Waals surface area contributed by atoms with E-state index in [-0.39, 0.29) is 29.4 Å². The lowest BCUT2D eigenvalue weighted by Gasteiger charge is -2.35. The number of nitrogens with two attached hydrogens (primary N) is 1. The molecule has 0 unspecified atom stereocenters. The molecule has 1 aromatic rings. The number of hydrogen-bond donors (Lipinski definition) is 2.